The van der Waals surface area contributed by atoms with Gasteiger partial charge in [0.05, 0.1) is 0 Å². The summed E-state index contributed by atoms with van der Waals surface area (Å²) in [6.07, 6.45) is 2.72. The molecule has 0 bridgehead atoms. The molecule has 1 nitrogen and oxygen atoms in total. The molecule has 0 aliphatic heterocycles. The van der Waals surface area contributed by atoms with Gasteiger partial charge in [-0.2, -0.15) is 4.39 Å². The summed E-state index contributed by atoms with van der Waals surface area (Å²) in [5, 5.41) is 0. The normalized spacial score (nSPS) is 11.1. The lowest BCUT2D eigenvalue weighted by atomic mass is 10.5. The summed E-state index contributed by atoms with van der Waals surface area (Å²) in [6.45, 7) is 3.34. The van der Waals surface area contributed by atoms with E-state index in [9.17, 15) is 4.39 Å². The molecule has 0 aliphatic carbocycles. The van der Waals surface area contributed by atoms with Crippen molar-refractivity contribution in [3.8, 4) is 0 Å². The highest BCUT2D eigenvalue weighted by molar-refractivity contribution is 5.01. The van der Waals surface area contributed by atoms with Crippen LogP contribution in [0.2, 0.25) is 0 Å². The molecule has 2 heteroatoms. The van der Waals surface area contributed by atoms with Gasteiger partial charge in [-0.3, -0.25) is 0 Å². The number of hydrogen-bond donors (Lipinski definition) is 0. The van der Waals surface area contributed by atoms with Crippen molar-refractivity contribution in [3.63, 3.8) is 0 Å². The van der Waals surface area contributed by atoms with E-state index >= 15 is 0 Å². The van der Waals surface area contributed by atoms with E-state index in [0.717, 1.165) is 0 Å². The zero-order chi connectivity index (χ0) is 6.57. The molecule has 0 aliphatic rings. The maximum atomic E-state index is 12.2. The molecule has 0 rings (SSSR count). The van der Waals surface area contributed by atoms with Gasteiger partial charge in [-0.25, -0.2) is 0 Å². The Morgan fingerprint density at radius 2 is 2.12 bits per heavy atom. The Morgan fingerprint density at radius 3 is 2.25 bits per heavy atom. The maximum Gasteiger partial charge on any atom is 0.189 e. The molecule has 0 heterocycles. The summed E-state index contributed by atoms with van der Waals surface area (Å²) in [7, 11) is 3.27. The molecule has 0 N–H and O–H groups in total. The lowest BCUT2D eigenvalue weighted by molar-refractivity contribution is 0.374. The Bertz CT molecular complexity index is 105. The lowest BCUT2D eigenvalue weighted by Gasteiger charge is -2.05. The first-order chi connectivity index (χ1) is 3.68. The Balaban J connectivity index is 3.78. The first-order valence-electron chi connectivity index (χ1n) is 2.34. The third kappa shape index (κ3) is 2.39. The molecule has 0 aromatic rings. The predicted octanol–water partition coefficient (Wildman–Crippen LogP) is 1.54. The third-order valence-electron chi connectivity index (χ3n) is 0.683. The van der Waals surface area contributed by atoms with Crippen LogP contribution in [0.1, 0.15) is 0 Å². The number of halogens is 1. The van der Waals surface area contributed by atoms with E-state index in [1.807, 2.05) is 0 Å². The van der Waals surface area contributed by atoms with E-state index in [2.05, 4.69) is 6.58 Å². The van der Waals surface area contributed by atoms with Crippen LogP contribution in [-0.4, -0.2) is 19.0 Å². The minimum atomic E-state index is -0.278. The van der Waals surface area contributed by atoms with Crippen molar-refractivity contribution in [1.82, 2.24) is 4.90 Å². The average Bonchev–Trinajstić information content (AvgIpc) is 1.67. The molecule has 0 atom stereocenters. The molecule has 0 aromatic heterocycles. The summed E-state index contributed by atoms with van der Waals surface area (Å²) in [6, 6.07) is 0. The van der Waals surface area contributed by atoms with Crippen LogP contribution < -0.4 is 0 Å². The van der Waals surface area contributed by atoms with Crippen molar-refractivity contribution in [2.24, 2.45) is 0 Å². The fraction of sp³-hybridized carbons (Fsp3) is 0.333. The van der Waals surface area contributed by atoms with Crippen LogP contribution in [0.5, 0.6) is 0 Å². The smallest absolute Gasteiger partial charge is 0.189 e. The Hall–Kier alpha value is -0.790. The largest absolute Gasteiger partial charge is 0.355 e. The average molecular weight is 115 g/mol. The molecule has 0 fully saturated rings. The SMILES string of the molecule is C=C/C=C(/F)N(C)C. The van der Waals surface area contributed by atoms with Crippen LogP contribution in [0.3, 0.4) is 0 Å². The van der Waals surface area contributed by atoms with Gasteiger partial charge in [0.15, 0.2) is 5.95 Å². The van der Waals surface area contributed by atoms with E-state index in [-0.39, 0.29) is 5.95 Å². The van der Waals surface area contributed by atoms with E-state index in [1.165, 1.54) is 17.1 Å². The highest BCUT2D eigenvalue weighted by Gasteiger charge is 1.90. The molecule has 8 heavy (non-hydrogen) atoms. The highest BCUT2D eigenvalue weighted by Crippen LogP contribution is 1.97. The van der Waals surface area contributed by atoms with Crippen LogP contribution in [0.25, 0.3) is 0 Å². The first kappa shape index (κ1) is 7.21. The van der Waals surface area contributed by atoms with E-state index < -0.39 is 0 Å². The van der Waals surface area contributed by atoms with Crippen LogP contribution in [0.4, 0.5) is 4.39 Å². The number of nitrogens with zero attached hydrogens (tertiary/aromatic N) is 1. The van der Waals surface area contributed by atoms with Crippen LogP contribution >= 0.6 is 0 Å². The second kappa shape index (κ2) is 3.24. The topological polar surface area (TPSA) is 3.24 Å². The van der Waals surface area contributed by atoms with E-state index in [0.29, 0.717) is 0 Å². The number of rotatable bonds is 2. The van der Waals surface area contributed by atoms with E-state index in [4.69, 9.17) is 0 Å². The van der Waals surface area contributed by atoms with Crippen LogP contribution in [0, 0.1) is 0 Å². The lowest BCUT2D eigenvalue weighted by Crippen LogP contribution is -2.06. The van der Waals surface area contributed by atoms with Crippen molar-refractivity contribution in [2.45, 2.75) is 0 Å². The quantitative estimate of drug-likeness (QED) is 0.390. The minimum Gasteiger partial charge on any atom is -0.355 e. The zero-order valence-electron chi connectivity index (χ0n) is 5.19. The molecule has 0 saturated heterocycles. The summed E-state index contributed by atoms with van der Waals surface area (Å²) in [5.74, 6) is -0.278. The Labute approximate surface area is 49.1 Å². The van der Waals surface area contributed by atoms with Gasteiger partial charge in [-0.1, -0.05) is 12.7 Å². The second-order valence-electron chi connectivity index (χ2n) is 1.62. The van der Waals surface area contributed by atoms with Gasteiger partial charge >= 0.3 is 0 Å². The molecule has 0 amide bonds. The van der Waals surface area contributed by atoms with Crippen LogP contribution in [-0.2, 0) is 0 Å². The summed E-state index contributed by atoms with van der Waals surface area (Å²) >= 11 is 0. The van der Waals surface area contributed by atoms with Gasteiger partial charge in [0, 0.05) is 14.1 Å². The molecule has 46 valence electrons. The first-order valence-corrected chi connectivity index (χ1v) is 2.34. The van der Waals surface area contributed by atoms with Gasteiger partial charge in [-0.05, 0) is 6.08 Å². The summed E-state index contributed by atoms with van der Waals surface area (Å²) < 4.78 is 12.2. The van der Waals surface area contributed by atoms with Gasteiger partial charge in [0.1, 0.15) is 0 Å². The fourth-order valence-electron chi connectivity index (χ4n) is 0.246. The monoisotopic (exact) mass is 115 g/mol. The van der Waals surface area contributed by atoms with Gasteiger partial charge in [0.25, 0.3) is 0 Å². The molecule has 0 radical (unpaired) electrons. The zero-order valence-corrected chi connectivity index (χ0v) is 5.19. The van der Waals surface area contributed by atoms with Crippen molar-refractivity contribution >= 4 is 0 Å². The molecule has 0 saturated carbocycles. The van der Waals surface area contributed by atoms with E-state index in [1.54, 1.807) is 14.1 Å². The summed E-state index contributed by atoms with van der Waals surface area (Å²) in [4.78, 5) is 1.38. The second-order valence-corrected chi connectivity index (χ2v) is 1.62. The molecule has 0 unspecified atom stereocenters. The van der Waals surface area contributed by atoms with Crippen molar-refractivity contribution in [3.05, 3.63) is 24.7 Å². The van der Waals surface area contributed by atoms with Gasteiger partial charge < -0.3 is 4.90 Å². The Kier molecular flexibility index (Phi) is 2.92. The molecular formula is C6H10FN. The number of hydrogen-bond acceptors (Lipinski definition) is 1. The highest BCUT2D eigenvalue weighted by atomic mass is 19.1. The standard InChI is InChI=1S/C6H10FN/c1-4-5-6(7)8(2)3/h4-5H,1H2,2-3H3/b6-5-. The molecule has 0 spiro atoms. The molecule has 0 aromatic carbocycles. The molecular weight excluding hydrogens is 105 g/mol. The number of allylic oxidation sites excluding steroid dienone is 2. The third-order valence-corrected chi connectivity index (χ3v) is 0.683. The van der Waals surface area contributed by atoms with Gasteiger partial charge in [0.2, 0.25) is 0 Å². The maximum absolute atomic E-state index is 12.2. The van der Waals surface area contributed by atoms with Crippen LogP contribution in [0.15, 0.2) is 24.7 Å². The van der Waals surface area contributed by atoms with Crippen molar-refractivity contribution in [1.29, 1.82) is 0 Å². The predicted molar refractivity (Wildman–Crippen MR) is 33.1 cm³/mol. The summed E-state index contributed by atoms with van der Waals surface area (Å²) in [5.41, 5.74) is 0. The Morgan fingerprint density at radius 1 is 1.62 bits per heavy atom. The van der Waals surface area contributed by atoms with Crippen molar-refractivity contribution in [2.75, 3.05) is 14.1 Å². The minimum absolute atomic E-state index is 0.278. The van der Waals surface area contributed by atoms with Gasteiger partial charge in [-0.15, -0.1) is 0 Å². The fourth-order valence-corrected chi connectivity index (χ4v) is 0.246. The van der Waals surface area contributed by atoms with Crippen molar-refractivity contribution < 1.29 is 4.39 Å².